The van der Waals surface area contributed by atoms with Crippen LogP contribution in [0.25, 0.3) is 0 Å². The Morgan fingerprint density at radius 3 is 2.41 bits per heavy atom. The maximum Gasteiger partial charge on any atom is 0.222 e. The lowest BCUT2D eigenvalue weighted by molar-refractivity contribution is -0.127. The van der Waals surface area contributed by atoms with Crippen molar-refractivity contribution in [2.75, 3.05) is 18.4 Å². The van der Waals surface area contributed by atoms with E-state index in [0.29, 0.717) is 11.8 Å². The standard InChI is InChI=1S/C14H26BrNO/c1-2-3-4-5-6-7-8-9-16-12-13(11-15)10-14(16)17/h13H,2-12H2,1H3. The zero-order chi connectivity index (χ0) is 12.5. The second-order valence-corrected chi connectivity index (χ2v) is 5.83. The average molecular weight is 304 g/mol. The van der Waals surface area contributed by atoms with Crippen LogP contribution in [0.15, 0.2) is 0 Å². The maximum atomic E-state index is 11.7. The number of halogens is 1. The van der Waals surface area contributed by atoms with Gasteiger partial charge in [0.15, 0.2) is 0 Å². The number of hydrogen-bond donors (Lipinski definition) is 0. The van der Waals surface area contributed by atoms with Crippen LogP contribution in [0.2, 0.25) is 0 Å². The van der Waals surface area contributed by atoms with Gasteiger partial charge in [0.25, 0.3) is 0 Å². The van der Waals surface area contributed by atoms with Gasteiger partial charge in [0.1, 0.15) is 0 Å². The summed E-state index contributed by atoms with van der Waals surface area (Å²) < 4.78 is 0. The first-order valence-electron chi connectivity index (χ1n) is 7.11. The number of likely N-dealkylation sites (tertiary alicyclic amines) is 1. The topological polar surface area (TPSA) is 20.3 Å². The number of alkyl halides is 1. The van der Waals surface area contributed by atoms with Crippen LogP contribution in [0.3, 0.4) is 0 Å². The highest BCUT2D eigenvalue weighted by Crippen LogP contribution is 2.20. The van der Waals surface area contributed by atoms with Crippen LogP contribution in [0.4, 0.5) is 0 Å². The van der Waals surface area contributed by atoms with Crippen molar-refractivity contribution in [3.8, 4) is 0 Å². The molecule has 0 aromatic rings. The van der Waals surface area contributed by atoms with Crippen LogP contribution < -0.4 is 0 Å². The first-order chi connectivity index (χ1) is 8.27. The molecule has 1 aliphatic heterocycles. The first-order valence-corrected chi connectivity index (χ1v) is 8.23. The molecule has 0 N–H and O–H groups in total. The molecule has 0 bridgehead atoms. The highest BCUT2D eigenvalue weighted by atomic mass is 79.9. The molecule has 17 heavy (non-hydrogen) atoms. The van der Waals surface area contributed by atoms with Crippen molar-refractivity contribution in [1.29, 1.82) is 0 Å². The fourth-order valence-electron chi connectivity index (χ4n) is 2.43. The maximum absolute atomic E-state index is 11.7. The Labute approximate surface area is 114 Å². The molecule has 3 heteroatoms. The van der Waals surface area contributed by atoms with Gasteiger partial charge in [-0.05, 0) is 12.3 Å². The third kappa shape index (κ3) is 5.89. The van der Waals surface area contributed by atoms with Gasteiger partial charge in [-0.3, -0.25) is 4.79 Å². The number of nitrogens with zero attached hydrogens (tertiary/aromatic N) is 1. The lowest BCUT2D eigenvalue weighted by Gasteiger charge is -2.15. The van der Waals surface area contributed by atoms with Crippen molar-refractivity contribution < 1.29 is 4.79 Å². The van der Waals surface area contributed by atoms with Gasteiger partial charge in [-0.25, -0.2) is 0 Å². The molecule has 1 atom stereocenters. The summed E-state index contributed by atoms with van der Waals surface area (Å²) in [4.78, 5) is 13.7. The van der Waals surface area contributed by atoms with E-state index in [2.05, 4.69) is 27.8 Å². The minimum Gasteiger partial charge on any atom is -0.342 e. The molecule has 1 unspecified atom stereocenters. The summed E-state index contributed by atoms with van der Waals surface area (Å²) in [6.45, 7) is 4.20. The van der Waals surface area contributed by atoms with Gasteiger partial charge in [0.05, 0.1) is 0 Å². The van der Waals surface area contributed by atoms with Crippen molar-refractivity contribution >= 4 is 21.8 Å². The molecule has 100 valence electrons. The summed E-state index contributed by atoms with van der Waals surface area (Å²) in [6.07, 6.45) is 10.00. The Bertz CT molecular complexity index is 220. The fraction of sp³-hybridized carbons (Fsp3) is 0.929. The smallest absolute Gasteiger partial charge is 0.222 e. The van der Waals surface area contributed by atoms with Gasteiger partial charge < -0.3 is 4.90 Å². The van der Waals surface area contributed by atoms with E-state index in [4.69, 9.17) is 0 Å². The van der Waals surface area contributed by atoms with Crippen molar-refractivity contribution in [1.82, 2.24) is 4.90 Å². The third-order valence-electron chi connectivity index (χ3n) is 3.54. The monoisotopic (exact) mass is 303 g/mol. The van der Waals surface area contributed by atoms with Crippen molar-refractivity contribution in [3.05, 3.63) is 0 Å². The van der Waals surface area contributed by atoms with Gasteiger partial charge in [-0.15, -0.1) is 0 Å². The number of unbranched alkanes of at least 4 members (excludes halogenated alkanes) is 6. The number of rotatable bonds is 9. The predicted molar refractivity (Wildman–Crippen MR) is 76.5 cm³/mol. The van der Waals surface area contributed by atoms with E-state index in [1.165, 1.54) is 44.9 Å². The van der Waals surface area contributed by atoms with Gasteiger partial charge in [-0.1, -0.05) is 61.4 Å². The summed E-state index contributed by atoms with van der Waals surface area (Å²) >= 11 is 3.47. The second-order valence-electron chi connectivity index (χ2n) is 5.19. The summed E-state index contributed by atoms with van der Waals surface area (Å²) in [5.41, 5.74) is 0. The van der Waals surface area contributed by atoms with E-state index in [1.807, 2.05) is 0 Å². The van der Waals surface area contributed by atoms with Crippen LogP contribution in [0, 0.1) is 5.92 Å². The van der Waals surface area contributed by atoms with Crippen LogP contribution >= 0.6 is 15.9 Å². The lowest BCUT2D eigenvalue weighted by Crippen LogP contribution is -2.26. The van der Waals surface area contributed by atoms with E-state index in [1.54, 1.807) is 0 Å². The summed E-state index contributed by atoms with van der Waals surface area (Å²) in [7, 11) is 0. The van der Waals surface area contributed by atoms with Crippen LogP contribution in [-0.2, 0) is 4.79 Å². The lowest BCUT2D eigenvalue weighted by atomic mass is 10.1. The summed E-state index contributed by atoms with van der Waals surface area (Å²) in [5, 5.41) is 0.965. The Kier molecular flexibility index (Phi) is 7.91. The highest BCUT2D eigenvalue weighted by molar-refractivity contribution is 9.09. The molecule has 0 aromatic carbocycles. The number of amides is 1. The molecule has 1 amide bonds. The largest absolute Gasteiger partial charge is 0.342 e. The SMILES string of the molecule is CCCCCCCCCN1CC(CBr)CC1=O. The van der Waals surface area contributed by atoms with E-state index < -0.39 is 0 Å². The number of carbonyl (C=O) groups excluding carboxylic acids is 1. The molecule has 1 saturated heterocycles. The molecule has 1 aliphatic rings. The van der Waals surface area contributed by atoms with Crippen molar-refractivity contribution in [2.45, 2.75) is 58.3 Å². The van der Waals surface area contributed by atoms with Crippen LogP contribution in [-0.4, -0.2) is 29.2 Å². The van der Waals surface area contributed by atoms with E-state index in [9.17, 15) is 4.79 Å². The normalized spacial score (nSPS) is 20.2. The van der Waals surface area contributed by atoms with Crippen LogP contribution in [0.5, 0.6) is 0 Å². The molecule has 1 heterocycles. The van der Waals surface area contributed by atoms with Gasteiger partial charge >= 0.3 is 0 Å². The van der Waals surface area contributed by atoms with Gasteiger partial charge in [0.2, 0.25) is 5.91 Å². The minimum atomic E-state index is 0.362. The van der Waals surface area contributed by atoms with Crippen molar-refractivity contribution in [2.24, 2.45) is 5.92 Å². The highest BCUT2D eigenvalue weighted by Gasteiger charge is 2.27. The predicted octanol–water partition coefficient (Wildman–Crippen LogP) is 3.98. The molecular weight excluding hydrogens is 278 g/mol. The molecule has 0 spiro atoms. The fourth-order valence-corrected chi connectivity index (χ4v) is 2.87. The van der Waals surface area contributed by atoms with Gasteiger partial charge in [-0.2, -0.15) is 0 Å². The van der Waals surface area contributed by atoms with E-state index >= 15 is 0 Å². The molecule has 0 radical (unpaired) electrons. The average Bonchev–Trinajstić information content (AvgIpc) is 2.69. The van der Waals surface area contributed by atoms with Crippen molar-refractivity contribution in [3.63, 3.8) is 0 Å². The van der Waals surface area contributed by atoms with E-state index in [-0.39, 0.29) is 0 Å². The Hall–Kier alpha value is -0.0500. The summed E-state index contributed by atoms with van der Waals surface area (Å²) in [5.74, 6) is 0.910. The Morgan fingerprint density at radius 1 is 1.18 bits per heavy atom. The van der Waals surface area contributed by atoms with Gasteiger partial charge in [0, 0.05) is 24.8 Å². The molecule has 0 aliphatic carbocycles. The quantitative estimate of drug-likeness (QED) is 0.466. The zero-order valence-electron chi connectivity index (χ0n) is 11.1. The minimum absolute atomic E-state index is 0.362. The Morgan fingerprint density at radius 2 is 1.82 bits per heavy atom. The van der Waals surface area contributed by atoms with Crippen LogP contribution in [0.1, 0.15) is 58.3 Å². The first kappa shape index (κ1) is 15.0. The molecule has 0 saturated carbocycles. The number of carbonyl (C=O) groups is 1. The summed E-state index contributed by atoms with van der Waals surface area (Å²) in [6, 6.07) is 0. The Balaban J connectivity index is 1.98. The molecule has 2 nitrogen and oxygen atoms in total. The molecule has 1 rings (SSSR count). The molecule has 1 fully saturated rings. The second kappa shape index (κ2) is 8.96. The zero-order valence-corrected chi connectivity index (χ0v) is 12.7. The number of hydrogen-bond acceptors (Lipinski definition) is 1. The third-order valence-corrected chi connectivity index (χ3v) is 4.46. The molecule has 0 aromatic heterocycles. The van der Waals surface area contributed by atoms with E-state index in [0.717, 1.165) is 24.8 Å². The molecular formula is C14H26BrNO.